The lowest BCUT2D eigenvalue weighted by Gasteiger charge is -2.32. The first-order valence-corrected chi connectivity index (χ1v) is 8.22. The van der Waals surface area contributed by atoms with Crippen LogP contribution in [0.1, 0.15) is 24.1 Å². The van der Waals surface area contributed by atoms with Crippen molar-refractivity contribution >= 4 is 11.3 Å². The number of thiophene rings is 1. The van der Waals surface area contributed by atoms with Crippen molar-refractivity contribution in [2.75, 3.05) is 32.9 Å². The summed E-state index contributed by atoms with van der Waals surface area (Å²) in [4.78, 5) is 4.02. The molecule has 2 fully saturated rings. The van der Waals surface area contributed by atoms with Gasteiger partial charge in [-0.05, 0) is 30.7 Å². The highest BCUT2D eigenvalue weighted by Gasteiger charge is 2.22. The average Bonchev–Trinajstić information content (AvgIpc) is 3.11. The lowest BCUT2D eigenvalue weighted by Crippen LogP contribution is -2.37. The Labute approximate surface area is 119 Å². The number of likely N-dealkylation sites (tertiary alicyclic amines) is 1. The molecular weight excluding hydrogens is 258 g/mol. The predicted octanol–water partition coefficient (Wildman–Crippen LogP) is 2.77. The molecule has 2 aliphatic heterocycles. The van der Waals surface area contributed by atoms with Gasteiger partial charge < -0.3 is 9.47 Å². The second-order valence-electron chi connectivity index (χ2n) is 5.62. The maximum Gasteiger partial charge on any atom is 0.0599 e. The monoisotopic (exact) mass is 281 g/mol. The van der Waals surface area contributed by atoms with Gasteiger partial charge in [0.2, 0.25) is 0 Å². The molecule has 106 valence electrons. The SMILES string of the molecule is c1csc(CN2CCC(OC[C@@H]3CCOC3)CC2)c1. The van der Waals surface area contributed by atoms with Crippen LogP contribution in [0.15, 0.2) is 17.5 Å². The molecule has 3 heterocycles. The van der Waals surface area contributed by atoms with Crippen molar-refractivity contribution < 1.29 is 9.47 Å². The topological polar surface area (TPSA) is 21.7 Å². The van der Waals surface area contributed by atoms with E-state index in [0.29, 0.717) is 12.0 Å². The number of rotatable bonds is 5. The Morgan fingerprint density at radius 3 is 2.89 bits per heavy atom. The zero-order valence-electron chi connectivity index (χ0n) is 11.4. The summed E-state index contributed by atoms with van der Waals surface area (Å²) in [5.74, 6) is 0.643. The molecule has 19 heavy (non-hydrogen) atoms. The van der Waals surface area contributed by atoms with E-state index in [1.807, 2.05) is 11.3 Å². The second kappa shape index (κ2) is 6.84. The van der Waals surface area contributed by atoms with Crippen LogP contribution >= 0.6 is 11.3 Å². The number of hydrogen-bond acceptors (Lipinski definition) is 4. The van der Waals surface area contributed by atoms with Crippen LogP contribution in [0.3, 0.4) is 0 Å². The van der Waals surface area contributed by atoms with Crippen LogP contribution in [0.4, 0.5) is 0 Å². The minimum atomic E-state index is 0.472. The van der Waals surface area contributed by atoms with Gasteiger partial charge in [-0.15, -0.1) is 11.3 Å². The first-order valence-electron chi connectivity index (χ1n) is 7.34. The van der Waals surface area contributed by atoms with Crippen molar-refractivity contribution in [3.63, 3.8) is 0 Å². The van der Waals surface area contributed by atoms with Crippen LogP contribution in [0, 0.1) is 5.92 Å². The van der Waals surface area contributed by atoms with Gasteiger partial charge in [-0.25, -0.2) is 0 Å². The number of piperidine rings is 1. The third-order valence-electron chi connectivity index (χ3n) is 4.09. The minimum Gasteiger partial charge on any atom is -0.381 e. The van der Waals surface area contributed by atoms with Crippen molar-refractivity contribution in [2.24, 2.45) is 5.92 Å². The number of nitrogens with zero attached hydrogens (tertiary/aromatic N) is 1. The summed E-state index contributed by atoms with van der Waals surface area (Å²) in [6.07, 6.45) is 4.01. The predicted molar refractivity (Wildman–Crippen MR) is 77.5 cm³/mol. The van der Waals surface area contributed by atoms with Crippen LogP contribution in [0.2, 0.25) is 0 Å². The van der Waals surface area contributed by atoms with E-state index in [0.717, 1.165) is 26.4 Å². The lowest BCUT2D eigenvalue weighted by molar-refractivity contribution is -0.0115. The van der Waals surface area contributed by atoms with Crippen molar-refractivity contribution in [3.05, 3.63) is 22.4 Å². The summed E-state index contributed by atoms with van der Waals surface area (Å²) < 4.78 is 11.4. The molecule has 0 amide bonds. The molecule has 2 saturated heterocycles. The standard InChI is InChI=1S/C15H23NO2S/c1-2-15(19-9-1)10-16-6-3-14(4-7-16)18-12-13-5-8-17-11-13/h1-2,9,13-14H,3-8,10-12H2/t13-/m1/s1. The second-order valence-corrected chi connectivity index (χ2v) is 6.65. The molecule has 0 unspecified atom stereocenters. The van der Waals surface area contributed by atoms with E-state index >= 15 is 0 Å². The zero-order valence-corrected chi connectivity index (χ0v) is 12.2. The van der Waals surface area contributed by atoms with Gasteiger partial charge in [0.15, 0.2) is 0 Å². The van der Waals surface area contributed by atoms with Crippen molar-refractivity contribution in [2.45, 2.75) is 31.9 Å². The molecule has 0 spiro atoms. The van der Waals surface area contributed by atoms with Gasteiger partial charge in [0.1, 0.15) is 0 Å². The highest BCUT2D eigenvalue weighted by Crippen LogP contribution is 2.20. The van der Waals surface area contributed by atoms with Crippen molar-refractivity contribution in [1.29, 1.82) is 0 Å². The molecule has 0 aromatic carbocycles. The summed E-state index contributed by atoms with van der Waals surface area (Å²) in [5.41, 5.74) is 0. The van der Waals surface area contributed by atoms with E-state index in [4.69, 9.17) is 9.47 Å². The minimum absolute atomic E-state index is 0.472. The molecule has 0 aliphatic carbocycles. The smallest absolute Gasteiger partial charge is 0.0599 e. The van der Waals surface area contributed by atoms with Crippen molar-refractivity contribution in [3.8, 4) is 0 Å². The van der Waals surface area contributed by atoms with Gasteiger partial charge in [-0.3, -0.25) is 4.90 Å². The Kier molecular flexibility index (Phi) is 4.88. The van der Waals surface area contributed by atoms with Gasteiger partial charge in [0.25, 0.3) is 0 Å². The third-order valence-corrected chi connectivity index (χ3v) is 4.95. The van der Waals surface area contributed by atoms with Crippen LogP contribution < -0.4 is 0 Å². The fraction of sp³-hybridized carbons (Fsp3) is 0.733. The van der Waals surface area contributed by atoms with E-state index in [-0.39, 0.29) is 0 Å². The van der Waals surface area contributed by atoms with E-state index in [1.165, 1.54) is 37.2 Å². The van der Waals surface area contributed by atoms with Gasteiger partial charge in [0, 0.05) is 37.0 Å². The van der Waals surface area contributed by atoms with E-state index in [1.54, 1.807) is 0 Å². The highest BCUT2D eigenvalue weighted by atomic mass is 32.1. The van der Waals surface area contributed by atoms with Crippen LogP contribution in [-0.2, 0) is 16.0 Å². The number of ether oxygens (including phenoxy) is 2. The number of hydrogen-bond donors (Lipinski definition) is 0. The first-order chi connectivity index (χ1) is 9.40. The zero-order chi connectivity index (χ0) is 12.9. The molecule has 0 N–H and O–H groups in total. The molecule has 1 aromatic heterocycles. The normalized spacial score (nSPS) is 26.0. The Hall–Kier alpha value is -0.420. The van der Waals surface area contributed by atoms with Crippen LogP contribution in [-0.4, -0.2) is 43.9 Å². The van der Waals surface area contributed by atoms with E-state index in [2.05, 4.69) is 22.4 Å². The molecule has 3 nitrogen and oxygen atoms in total. The highest BCUT2D eigenvalue weighted by molar-refractivity contribution is 7.09. The van der Waals surface area contributed by atoms with Gasteiger partial charge in [0.05, 0.1) is 19.3 Å². The largest absolute Gasteiger partial charge is 0.381 e. The summed E-state index contributed by atoms with van der Waals surface area (Å²) >= 11 is 1.86. The maximum atomic E-state index is 6.05. The van der Waals surface area contributed by atoms with Crippen LogP contribution in [0.25, 0.3) is 0 Å². The molecule has 0 saturated carbocycles. The molecular formula is C15H23NO2S. The summed E-state index contributed by atoms with van der Waals surface area (Å²) in [5, 5.41) is 2.16. The summed E-state index contributed by atoms with van der Waals surface area (Å²) in [6.45, 7) is 6.18. The molecule has 4 heteroatoms. The maximum absolute atomic E-state index is 6.05. The quantitative estimate of drug-likeness (QED) is 0.828. The molecule has 2 aliphatic rings. The van der Waals surface area contributed by atoms with Gasteiger partial charge in [-0.2, -0.15) is 0 Å². The average molecular weight is 281 g/mol. The Bertz CT molecular complexity index is 354. The summed E-state index contributed by atoms with van der Waals surface area (Å²) in [6, 6.07) is 4.37. The lowest BCUT2D eigenvalue weighted by atomic mass is 10.1. The fourth-order valence-electron chi connectivity index (χ4n) is 2.84. The Balaban J connectivity index is 1.34. The van der Waals surface area contributed by atoms with E-state index < -0.39 is 0 Å². The molecule has 0 radical (unpaired) electrons. The Morgan fingerprint density at radius 2 is 2.21 bits per heavy atom. The first kappa shape index (κ1) is 13.6. The molecule has 0 bridgehead atoms. The molecule has 1 atom stereocenters. The van der Waals surface area contributed by atoms with Crippen molar-refractivity contribution in [1.82, 2.24) is 4.90 Å². The fourth-order valence-corrected chi connectivity index (χ4v) is 3.59. The third kappa shape index (κ3) is 4.02. The molecule has 1 aromatic rings. The van der Waals surface area contributed by atoms with Gasteiger partial charge in [-0.1, -0.05) is 6.07 Å². The summed E-state index contributed by atoms with van der Waals surface area (Å²) in [7, 11) is 0. The molecule has 3 rings (SSSR count). The van der Waals surface area contributed by atoms with Crippen LogP contribution in [0.5, 0.6) is 0 Å². The van der Waals surface area contributed by atoms with E-state index in [9.17, 15) is 0 Å². The Morgan fingerprint density at radius 1 is 1.32 bits per heavy atom. The van der Waals surface area contributed by atoms with Gasteiger partial charge >= 0.3 is 0 Å².